The van der Waals surface area contributed by atoms with Crippen molar-refractivity contribution in [1.82, 2.24) is 4.90 Å². The molecule has 0 aliphatic heterocycles. The zero-order valence-corrected chi connectivity index (χ0v) is 13.3. The molecule has 2 saturated carbocycles. The minimum absolute atomic E-state index is 0.295. The zero-order chi connectivity index (χ0) is 13.9. The van der Waals surface area contributed by atoms with E-state index in [0.29, 0.717) is 5.54 Å². The molecule has 0 saturated heterocycles. The average Bonchev–Trinajstić information content (AvgIpc) is 2.43. The lowest BCUT2D eigenvalue weighted by Crippen LogP contribution is -2.63. The summed E-state index contributed by atoms with van der Waals surface area (Å²) in [5.74, 6) is 1.64. The third-order valence-electron chi connectivity index (χ3n) is 6.02. The fourth-order valence-electron chi connectivity index (χ4n) is 4.86. The van der Waals surface area contributed by atoms with Crippen LogP contribution in [0.15, 0.2) is 0 Å². The first kappa shape index (κ1) is 15.3. The maximum absolute atomic E-state index is 6.32. The summed E-state index contributed by atoms with van der Waals surface area (Å²) < 4.78 is 0. The maximum atomic E-state index is 6.32. The van der Waals surface area contributed by atoms with E-state index in [4.69, 9.17) is 5.73 Å². The summed E-state index contributed by atoms with van der Waals surface area (Å²) in [4.78, 5) is 2.82. The van der Waals surface area contributed by atoms with E-state index in [1.54, 1.807) is 0 Å². The molecule has 2 N–H and O–H groups in total. The number of hydrogen-bond acceptors (Lipinski definition) is 2. The lowest BCUT2D eigenvalue weighted by molar-refractivity contribution is -0.0351. The van der Waals surface area contributed by atoms with E-state index in [-0.39, 0.29) is 0 Å². The van der Waals surface area contributed by atoms with Crippen LogP contribution in [-0.2, 0) is 0 Å². The van der Waals surface area contributed by atoms with Gasteiger partial charge >= 0.3 is 0 Å². The molecule has 0 bridgehead atoms. The van der Waals surface area contributed by atoms with Gasteiger partial charge in [0, 0.05) is 18.1 Å². The minimum Gasteiger partial charge on any atom is -0.329 e. The molecule has 112 valence electrons. The molecule has 2 nitrogen and oxygen atoms in total. The highest BCUT2D eigenvalue weighted by Gasteiger charge is 2.45. The van der Waals surface area contributed by atoms with E-state index in [9.17, 15) is 0 Å². The van der Waals surface area contributed by atoms with Crippen molar-refractivity contribution in [3.05, 3.63) is 0 Å². The molecule has 0 radical (unpaired) electrons. The first-order valence-corrected chi connectivity index (χ1v) is 8.61. The van der Waals surface area contributed by atoms with Gasteiger partial charge in [-0.25, -0.2) is 0 Å². The second-order valence-corrected chi connectivity index (χ2v) is 7.17. The molecule has 3 atom stereocenters. The lowest BCUT2D eigenvalue weighted by Gasteiger charge is -2.54. The predicted molar refractivity (Wildman–Crippen MR) is 83.2 cm³/mol. The van der Waals surface area contributed by atoms with Gasteiger partial charge in [-0.15, -0.1) is 0 Å². The zero-order valence-electron chi connectivity index (χ0n) is 13.3. The van der Waals surface area contributed by atoms with Crippen LogP contribution in [-0.4, -0.2) is 29.6 Å². The second-order valence-electron chi connectivity index (χ2n) is 7.17. The van der Waals surface area contributed by atoms with Crippen LogP contribution < -0.4 is 5.73 Å². The Hall–Kier alpha value is -0.0800. The third kappa shape index (κ3) is 3.00. The Morgan fingerprint density at radius 2 is 1.79 bits per heavy atom. The van der Waals surface area contributed by atoms with Crippen molar-refractivity contribution in [1.29, 1.82) is 0 Å². The van der Waals surface area contributed by atoms with Gasteiger partial charge in [0.25, 0.3) is 0 Å². The summed E-state index contributed by atoms with van der Waals surface area (Å²) >= 11 is 0. The van der Waals surface area contributed by atoms with Crippen molar-refractivity contribution in [2.75, 3.05) is 13.1 Å². The average molecular weight is 266 g/mol. The van der Waals surface area contributed by atoms with E-state index >= 15 is 0 Å². The number of likely N-dealkylation sites (N-methyl/N-ethyl adjacent to an activating group) is 1. The first-order chi connectivity index (χ1) is 9.14. The Balaban J connectivity index is 2.16. The smallest absolute Gasteiger partial charge is 0.0360 e. The van der Waals surface area contributed by atoms with Crippen LogP contribution in [0.4, 0.5) is 0 Å². The SMILES string of the molecule is CCN(C1CCCCC1)C1(CN)CCC(C)CC1C. The number of nitrogens with zero attached hydrogens (tertiary/aromatic N) is 1. The molecule has 0 aromatic heterocycles. The molecule has 0 aromatic rings. The van der Waals surface area contributed by atoms with E-state index in [0.717, 1.165) is 24.4 Å². The topological polar surface area (TPSA) is 29.3 Å². The Bertz CT molecular complexity index is 272. The number of nitrogens with two attached hydrogens (primary N) is 1. The van der Waals surface area contributed by atoms with Crippen LogP contribution in [0.5, 0.6) is 0 Å². The summed E-state index contributed by atoms with van der Waals surface area (Å²) in [6.07, 6.45) is 11.1. The summed E-state index contributed by atoms with van der Waals surface area (Å²) in [5, 5.41) is 0. The number of rotatable bonds is 4. The van der Waals surface area contributed by atoms with Gasteiger partial charge < -0.3 is 5.73 Å². The Morgan fingerprint density at radius 3 is 2.32 bits per heavy atom. The summed E-state index contributed by atoms with van der Waals surface area (Å²) in [5.41, 5.74) is 6.61. The second kappa shape index (κ2) is 6.58. The molecule has 2 heteroatoms. The highest BCUT2D eigenvalue weighted by Crippen LogP contribution is 2.42. The van der Waals surface area contributed by atoms with Crippen molar-refractivity contribution >= 4 is 0 Å². The summed E-state index contributed by atoms with van der Waals surface area (Å²) in [7, 11) is 0. The van der Waals surface area contributed by atoms with E-state index in [1.165, 1.54) is 57.9 Å². The van der Waals surface area contributed by atoms with E-state index in [1.807, 2.05) is 0 Å². The van der Waals surface area contributed by atoms with Gasteiger partial charge in [-0.05, 0) is 50.5 Å². The highest BCUT2D eigenvalue weighted by molar-refractivity contribution is 5.01. The minimum atomic E-state index is 0.295. The van der Waals surface area contributed by atoms with Gasteiger partial charge in [0.15, 0.2) is 0 Å². The lowest BCUT2D eigenvalue weighted by atomic mass is 9.68. The van der Waals surface area contributed by atoms with Crippen LogP contribution in [0.1, 0.15) is 72.1 Å². The standard InChI is InChI=1S/C17H34N2/c1-4-19(16-8-6-5-7-9-16)17(13-18)11-10-14(2)12-15(17)3/h14-16H,4-13,18H2,1-3H3. The molecule has 0 aromatic carbocycles. The van der Waals surface area contributed by atoms with Crippen molar-refractivity contribution in [3.63, 3.8) is 0 Å². The molecule has 2 aliphatic rings. The van der Waals surface area contributed by atoms with Crippen LogP contribution in [0, 0.1) is 11.8 Å². The van der Waals surface area contributed by atoms with Crippen molar-refractivity contribution in [3.8, 4) is 0 Å². The summed E-state index contributed by atoms with van der Waals surface area (Å²) in [6.45, 7) is 9.24. The van der Waals surface area contributed by atoms with Gasteiger partial charge in [-0.1, -0.05) is 40.0 Å². The molecule has 0 heterocycles. The van der Waals surface area contributed by atoms with Crippen LogP contribution in [0.25, 0.3) is 0 Å². The van der Waals surface area contributed by atoms with E-state index < -0.39 is 0 Å². The monoisotopic (exact) mass is 266 g/mol. The molecule has 2 fully saturated rings. The maximum Gasteiger partial charge on any atom is 0.0360 e. The normalized spacial score (nSPS) is 37.7. The first-order valence-electron chi connectivity index (χ1n) is 8.61. The van der Waals surface area contributed by atoms with Crippen molar-refractivity contribution < 1.29 is 0 Å². The fraction of sp³-hybridized carbons (Fsp3) is 1.00. The Kier molecular flexibility index (Phi) is 5.30. The van der Waals surface area contributed by atoms with Gasteiger partial charge in [-0.2, -0.15) is 0 Å². The number of hydrogen-bond donors (Lipinski definition) is 1. The quantitative estimate of drug-likeness (QED) is 0.838. The Morgan fingerprint density at radius 1 is 1.11 bits per heavy atom. The highest BCUT2D eigenvalue weighted by atomic mass is 15.2. The Labute approximate surface area is 120 Å². The fourth-order valence-corrected chi connectivity index (χ4v) is 4.86. The van der Waals surface area contributed by atoms with Gasteiger partial charge in [-0.3, -0.25) is 4.90 Å². The van der Waals surface area contributed by atoms with Crippen LogP contribution in [0.2, 0.25) is 0 Å². The van der Waals surface area contributed by atoms with Crippen LogP contribution in [0.3, 0.4) is 0 Å². The third-order valence-corrected chi connectivity index (χ3v) is 6.02. The molecule has 0 spiro atoms. The summed E-state index contributed by atoms with van der Waals surface area (Å²) in [6, 6.07) is 0.804. The molecular weight excluding hydrogens is 232 g/mol. The van der Waals surface area contributed by atoms with Gasteiger partial charge in [0.1, 0.15) is 0 Å². The molecular formula is C17H34N2. The molecule has 0 amide bonds. The van der Waals surface area contributed by atoms with Crippen LogP contribution >= 0.6 is 0 Å². The van der Waals surface area contributed by atoms with Crippen molar-refractivity contribution in [2.45, 2.75) is 83.7 Å². The van der Waals surface area contributed by atoms with E-state index in [2.05, 4.69) is 25.7 Å². The van der Waals surface area contributed by atoms with Crippen molar-refractivity contribution in [2.24, 2.45) is 17.6 Å². The molecule has 19 heavy (non-hydrogen) atoms. The predicted octanol–water partition coefficient (Wildman–Crippen LogP) is 3.79. The molecule has 2 rings (SSSR count). The van der Waals surface area contributed by atoms with Gasteiger partial charge in [0.2, 0.25) is 0 Å². The molecule has 2 aliphatic carbocycles. The van der Waals surface area contributed by atoms with Gasteiger partial charge in [0.05, 0.1) is 0 Å². The molecule has 3 unspecified atom stereocenters. The largest absolute Gasteiger partial charge is 0.329 e.